The molecule has 2 rings (SSSR count). The zero-order chi connectivity index (χ0) is 10.6. The van der Waals surface area contributed by atoms with Crippen LogP contribution in [0.1, 0.15) is 45.4 Å². The lowest BCUT2D eigenvalue weighted by Crippen LogP contribution is -2.16. The first kappa shape index (κ1) is 11.1. The van der Waals surface area contributed by atoms with E-state index >= 15 is 0 Å². The minimum Gasteiger partial charge on any atom is -0.300 e. The predicted octanol–water partition coefficient (Wildman–Crippen LogP) is 1.96. The van der Waals surface area contributed by atoms with E-state index in [1.807, 2.05) is 0 Å². The van der Waals surface area contributed by atoms with E-state index in [2.05, 4.69) is 6.92 Å². The molecule has 3 heteroatoms. The average molecular weight is 196 g/mol. The largest absolute Gasteiger partial charge is 0.373 e. The van der Waals surface area contributed by atoms with Crippen LogP contribution in [-0.2, 0) is 14.4 Å². The maximum absolute atomic E-state index is 11.0. The minimum absolute atomic E-state index is 0.250. The smallest absolute Gasteiger partial charge is 0.300 e. The Morgan fingerprint density at radius 3 is 2.21 bits per heavy atom. The van der Waals surface area contributed by atoms with E-state index in [4.69, 9.17) is 9.59 Å². The van der Waals surface area contributed by atoms with E-state index in [1.165, 1.54) is 25.7 Å². The van der Waals surface area contributed by atoms with E-state index in [1.54, 1.807) is 0 Å². The van der Waals surface area contributed by atoms with Gasteiger partial charge in [0.05, 0.1) is 0 Å². The van der Waals surface area contributed by atoms with Gasteiger partial charge in [-0.25, -0.2) is 0 Å². The van der Waals surface area contributed by atoms with Gasteiger partial charge in [0.1, 0.15) is 5.78 Å². The van der Waals surface area contributed by atoms with Crippen LogP contribution in [0.2, 0.25) is 0 Å². The van der Waals surface area contributed by atoms with Gasteiger partial charge in [-0.15, -0.1) is 0 Å². The molecule has 1 atom stereocenters. The van der Waals surface area contributed by atoms with E-state index in [-0.39, 0.29) is 6.15 Å². The van der Waals surface area contributed by atoms with Crippen LogP contribution in [0.3, 0.4) is 0 Å². The third kappa shape index (κ3) is 2.30. The zero-order valence-corrected chi connectivity index (χ0v) is 8.54. The van der Waals surface area contributed by atoms with E-state index in [0.717, 1.165) is 18.8 Å². The average Bonchev–Trinajstić information content (AvgIpc) is 2.86. The molecule has 1 spiro atoms. The van der Waals surface area contributed by atoms with E-state index < -0.39 is 0 Å². The SMILES string of the molecule is CCC1CC12CCC(=O)CC2.O=C=O. The van der Waals surface area contributed by atoms with Gasteiger partial charge in [-0.1, -0.05) is 13.3 Å². The van der Waals surface area contributed by atoms with Gasteiger partial charge in [-0.05, 0) is 30.6 Å². The molecule has 2 fully saturated rings. The van der Waals surface area contributed by atoms with Crippen molar-refractivity contribution in [2.75, 3.05) is 0 Å². The van der Waals surface area contributed by atoms with Gasteiger partial charge in [0.15, 0.2) is 0 Å². The Hall–Kier alpha value is -0.950. The molecule has 0 radical (unpaired) electrons. The quantitative estimate of drug-likeness (QED) is 0.644. The molecule has 0 saturated heterocycles. The summed E-state index contributed by atoms with van der Waals surface area (Å²) in [6.07, 6.45) is 7.13. The number of ketones is 1. The summed E-state index contributed by atoms with van der Waals surface area (Å²) in [5, 5.41) is 0. The fourth-order valence-electron chi connectivity index (χ4n) is 2.65. The lowest BCUT2D eigenvalue weighted by atomic mass is 9.83. The Balaban J connectivity index is 0.000000293. The topological polar surface area (TPSA) is 51.2 Å². The Bertz CT molecular complexity index is 241. The molecule has 2 aliphatic rings. The molecule has 2 aliphatic carbocycles. The monoisotopic (exact) mass is 196 g/mol. The summed E-state index contributed by atoms with van der Waals surface area (Å²) in [6.45, 7) is 2.27. The fraction of sp³-hybridized carbons (Fsp3) is 0.818. The molecule has 0 aromatic carbocycles. The first-order valence-corrected chi connectivity index (χ1v) is 5.19. The Morgan fingerprint density at radius 1 is 1.36 bits per heavy atom. The van der Waals surface area contributed by atoms with E-state index in [9.17, 15) is 4.79 Å². The van der Waals surface area contributed by atoms with Crippen LogP contribution in [0.4, 0.5) is 0 Å². The van der Waals surface area contributed by atoms with Crippen molar-refractivity contribution in [2.24, 2.45) is 11.3 Å². The third-order valence-electron chi connectivity index (χ3n) is 3.66. The van der Waals surface area contributed by atoms with Crippen LogP contribution in [0.15, 0.2) is 0 Å². The van der Waals surface area contributed by atoms with Crippen molar-refractivity contribution < 1.29 is 14.4 Å². The highest BCUT2D eigenvalue weighted by Gasteiger charge is 2.53. The molecular formula is C11H16O3. The second-order valence-electron chi connectivity index (χ2n) is 4.29. The molecule has 2 saturated carbocycles. The minimum atomic E-state index is 0.250. The Morgan fingerprint density at radius 2 is 1.86 bits per heavy atom. The van der Waals surface area contributed by atoms with Crippen molar-refractivity contribution >= 4 is 11.9 Å². The number of Topliss-reactive ketones (excluding diaryl/α,β-unsaturated/α-hetero) is 1. The van der Waals surface area contributed by atoms with Gasteiger partial charge in [0.25, 0.3) is 0 Å². The van der Waals surface area contributed by atoms with Crippen LogP contribution in [0.25, 0.3) is 0 Å². The number of hydrogen-bond acceptors (Lipinski definition) is 3. The van der Waals surface area contributed by atoms with Crippen LogP contribution >= 0.6 is 0 Å². The van der Waals surface area contributed by atoms with E-state index in [0.29, 0.717) is 11.2 Å². The van der Waals surface area contributed by atoms with Crippen LogP contribution in [0.5, 0.6) is 0 Å². The van der Waals surface area contributed by atoms with Crippen molar-refractivity contribution in [1.82, 2.24) is 0 Å². The number of hydrogen-bond donors (Lipinski definition) is 0. The maximum atomic E-state index is 11.0. The van der Waals surface area contributed by atoms with Gasteiger partial charge in [0.2, 0.25) is 0 Å². The van der Waals surface area contributed by atoms with Gasteiger partial charge in [0, 0.05) is 12.8 Å². The summed E-state index contributed by atoms with van der Waals surface area (Å²) in [4.78, 5) is 27.2. The second kappa shape index (κ2) is 4.52. The molecule has 1 unspecified atom stereocenters. The molecule has 0 aromatic rings. The normalized spacial score (nSPS) is 27.5. The number of rotatable bonds is 1. The van der Waals surface area contributed by atoms with Gasteiger partial charge < -0.3 is 0 Å². The van der Waals surface area contributed by atoms with Crippen LogP contribution < -0.4 is 0 Å². The predicted molar refractivity (Wildman–Crippen MR) is 49.3 cm³/mol. The first-order valence-electron chi connectivity index (χ1n) is 5.19. The summed E-state index contributed by atoms with van der Waals surface area (Å²) in [7, 11) is 0. The summed E-state index contributed by atoms with van der Waals surface area (Å²) in [5.74, 6) is 1.47. The standard InChI is InChI=1S/C10H16O.CO2/c1-2-8-7-10(8)5-3-9(11)4-6-10;2-1-3/h8H,2-7H2,1H3;. The number of carbonyl (C=O) groups excluding carboxylic acids is 3. The van der Waals surface area contributed by atoms with Crippen molar-refractivity contribution in [1.29, 1.82) is 0 Å². The molecule has 0 heterocycles. The Labute approximate surface area is 83.9 Å². The molecule has 14 heavy (non-hydrogen) atoms. The van der Waals surface area contributed by atoms with Crippen molar-refractivity contribution in [3.63, 3.8) is 0 Å². The summed E-state index contributed by atoms with van der Waals surface area (Å²) in [5.41, 5.74) is 0.655. The van der Waals surface area contributed by atoms with Crippen molar-refractivity contribution in [2.45, 2.75) is 45.4 Å². The van der Waals surface area contributed by atoms with Gasteiger partial charge in [-0.2, -0.15) is 9.59 Å². The molecule has 3 nitrogen and oxygen atoms in total. The van der Waals surface area contributed by atoms with Gasteiger partial charge in [-0.3, -0.25) is 4.79 Å². The molecular weight excluding hydrogens is 180 g/mol. The Kier molecular flexibility index (Phi) is 3.59. The summed E-state index contributed by atoms with van der Waals surface area (Å²) in [6, 6.07) is 0. The van der Waals surface area contributed by atoms with Crippen molar-refractivity contribution in [3.8, 4) is 0 Å². The highest BCUT2D eigenvalue weighted by molar-refractivity contribution is 5.79. The molecule has 0 bridgehead atoms. The maximum Gasteiger partial charge on any atom is 0.373 e. The number of carbonyl (C=O) groups is 1. The van der Waals surface area contributed by atoms with Crippen LogP contribution in [0, 0.1) is 11.3 Å². The van der Waals surface area contributed by atoms with Crippen LogP contribution in [-0.4, -0.2) is 11.9 Å². The highest BCUT2D eigenvalue weighted by atomic mass is 16.2. The lowest BCUT2D eigenvalue weighted by Gasteiger charge is -2.21. The lowest BCUT2D eigenvalue weighted by molar-refractivity contribution is -0.191. The molecule has 0 N–H and O–H groups in total. The fourth-order valence-corrected chi connectivity index (χ4v) is 2.65. The third-order valence-corrected chi connectivity index (χ3v) is 3.66. The summed E-state index contributed by atoms with van der Waals surface area (Å²) >= 11 is 0. The molecule has 0 amide bonds. The van der Waals surface area contributed by atoms with Crippen molar-refractivity contribution in [3.05, 3.63) is 0 Å². The first-order chi connectivity index (χ1) is 6.68. The molecule has 0 aromatic heterocycles. The molecule has 78 valence electrons. The molecule has 0 aliphatic heterocycles. The summed E-state index contributed by atoms with van der Waals surface area (Å²) < 4.78 is 0. The highest BCUT2D eigenvalue weighted by Crippen LogP contribution is 2.62. The van der Waals surface area contributed by atoms with Gasteiger partial charge >= 0.3 is 6.15 Å². The second-order valence-corrected chi connectivity index (χ2v) is 4.29. The zero-order valence-electron chi connectivity index (χ0n) is 8.54.